The Morgan fingerprint density at radius 3 is 1.62 bits per heavy atom. The number of allylic oxidation sites excluding steroid dienone is 10. The van der Waals surface area contributed by atoms with E-state index in [1.165, 1.54) is 0 Å². The standard InChI is InChI=1S/C32H38N4O4/c1-27(2)28(3,4)34(38)25(33(27)37)19-17-21-12-11-20-13-15-23(26-35(39)29(5,6)30(7,8)36(26)40)24-16-14-22(18-19)31(21,9)32(20,24)10/h11-18H,1-10H3/t31-,32-/m1/s1. The van der Waals surface area contributed by atoms with Gasteiger partial charge in [0.15, 0.2) is 11.1 Å². The molecule has 6 rings (SSSR count). The highest BCUT2D eigenvalue weighted by Gasteiger charge is 2.65. The van der Waals surface area contributed by atoms with Crippen LogP contribution in [0, 0.1) is 21.2 Å². The number of hydrogen-bond acceptors (Lipinski definition) is 4. The molecular weight excluding hydrogens is 504 g/mol. The first kappa shape index (κ1) is 26.8. The molecule has 0 amide bonds. The lowest BCUT2D eigenvalue weighted by Gasteiger charge is -2.56. The van der Waals surface area contributed by atoms with Crippen molar-refractivity contribution in [2.75, 3.05) is 0 Å². The van der Waals surface area contributed by atoms with Crippen LogP contribution >= 0.6 is 0 Å². The zero-order chi connectivity index (χ0) is 29.6. The second-order valence-electron chi connectivity index (χ2n) is 14.2. The molecule has 0 N–H and O–H groups in total. The monoisotopic (exact) mass is 542 g/mol. The lowest BCUT2D eigenvalue weighted by Crippen LogP contribution is -2.53. The Morgan fingerprint density at radius 2 is 1.10 bits per heavy atom. The molecule has 0 bridgehead atoms. The predicted octanol–water partition coefficient (Wildman–Crippen LogP) is 5.42. The maximum atomic E-state index is 13.6. The summed E-state index contributed by atoms with van der Waals surface area (Å²) < 4.78 is 1.72. The molecule has 2 radical (unpaired) electrons. The summed E-state index contributed by atoms with van der Waals surface area (Å²) in [5, 5.41) is 55.9. The Balaban J connectivity index is 1.56. The van der Waals surface area contributed by atoms with Crippen molar-refractivity contribution >= 4 is 11.7 Å². The molecule has 0 saturated heterocycles. The minimum absolute atomic E-state index is 0.110. The van der Waals surface area contributed by atoms with Gasteiger partial charge in [-0.25, -0.2) is 0 Å². The van der Waals surface area contributed by atoms with Crippen molar-refractivity contribution in [3.8, 4) is 0 Å². The van der Waals surface area contributed by atoms with Crippen LogP contribution in [-0.4, -0.2) is 53.4 Å². The lowest BCUT2D eigenvalue weighted by molar-refractivity contribution is -0.539. The van der Waals surface area contributed by atoms with E-state index in [0.29, 0.717) is 11.1 Å². The molecule has 0 aromatic heterocycles. The van der Waals surface area contributed by atoms with Gasteiger partial charge in [0.25, 0.3) is 0 Å². The molecule has 6 aliphatic rings. The second-order valence-corrected chi connectivity index (χ2v) is 14.2. The highest BCUT2D eigenvalue weighted by atomic mass is 16.5. The summed E-state index contributed by atoms with van der Waals surface area (Å²) in [7, 11) is 0. The summed E-state index contributed by atoms with van der Waals surface area (Å²) in [6.07, 6.45) is 15.9. The van der Waals surface area contributed by atoms with E-state index in [4.69, 9.17) is 0 Å². The van der Waals surface area contributed by atoms with Crippen LogP contribution in [0.4, 0.5) is 0 Å². The Bertz CT molecular complexity index is 1570. The minimum atomic E-state index is -0.926. The van der Waals surface area contributed by atoms with E-state index in [2.05, 4.69) is 26.0 Å². The van der Waals surface area contributed by atoms with Crippen LogP contribution in [-0.2, 0) is 10.4 Å². The number of hydrogen-bond donors (Lipinski definition) is 0. The summed E-state index contributed by atoms with van der Waals surface area (Å²) in [6.45, 7) is 18.7. The van der Waals surface area contributed by atoms with Crippen LogP contribution in [0.5, 0.6) is 0 Å². The molecule has 0 fully saturated rings. The van der Waals surface area contributed by atoms with E-state index < -0.39 is 33.0 Å². The van der Waals surface area contributed by atoms with Gasteiger partial charge in [-0.1, -0.05) is 54.4 Å². The molecule has 0 saturated carbocycles. The summed E-state index contributed by atoms with van der Waals surface area (Å²) in [6, 6.07) is 0. The Labute approximate surface area is 236 Å². The van der Waals surface area contributed by atoms with Crippen LogP contribution in [0.1, 0.15) is 69.2 Å². The van der Waals surface area contributed by atoms with Crippen LogP contribution in [0.3, 0.4) is 0 Å². The molecule has 0 aromatic carbocycles. The molecule has 0 aromatic rings. The third-order valence-electron chi connectivity index (χ3n) is 11.8. The van der Waals surface area contributed by atoms with Crippen LogP contribution in [0.25, 0.3) is 0 Å². The maximum absolute atomic E-state index is 13.6. The fourth-order valence-electron chi connectivity index (χ4n) is 7.08. The van der Waals surface area contributed by atoms with Crippen molar-refractivity contribution in [3.63, 3.8) is 0 Å². The second kappa shape index (κ2) is 7.28. The smallest absolute Gasteiger partial charge is 0.317 e. The molecule has 2 aliphatic heterocycles. The SMILES string of the molecule is CC1(C)N([O])C(C2=CC3=CC=C4C(C5=[N+]([O-])C(C)(C)C(C)(C)N5[O])=CC=C5C=CC(=C2)[C@@]3(C)[C@]54C)=[N+]([O-])C1(C)C. The summed E-state index contributed by atoms with van der Waals surface area (Å²) in [4.78, 5) is 0. The van der Waals surface area contributed by atoms with E-state index in [0.717, 1.165) is 41.9 Å². The normalized spacial score (nSPS) is 34.2. The molecule has 8 nitrogen and oxygen atoms in total. The average Bonchev–Trinajstić information content (AvgIpc) is 3.06. The van der Waals surface area contributed by atoms with Crippen molar-refractivity contribution in [3.05, 3.63) is 92.5 Å². The van der Waals surface area contributed by atoms with Crippen molar-refractivity contribution < 1.29 is 19.9 Å². The molecule has 0 unspecified atom stereocenters. The van der Waals surface area contributed by atoms with E-state index in [9.17, 15) is 20.8 Å². The highest BCUT2D eigenvalue weighted by Crippen LogP contribution is 2.66. The number of rotatable bonds is 2. The quantitative estimate of drug-likeness (QED) is 0.344. The summed E-state index contributed by atoms with van der Waals surface area (Å²) in [5.74, 6) is 0.236. The minimum Gasteiger partial charge on any atom is -0.714 e. The molecular formula is C32H38N4O4. The molecule has 2 heterocycles. The van der Waals surface area contributed by atoms with E-state index >= 15 is 0 Å². The Kier molecular flexibility index (Phi) is 4.89. The molecule has 2 atom stereocenters. The number of amidine groups is 2. The van der Waals surface area contributed by atoms with Gasteiger partial charge in [0.2, 0.25) is 0 Å². The van der Waals surface area contributed by atoms with E-state index in [-0.39, 0.29) is 11.7 Å². The number of nitrogens with zero attached hydrogens (tertiary/aromatic N) is 4. The Hall–Kier alpha value is -3.36. The first-order chi connectivity index (χ1) is 18.3. The van der Waals surface area contributed by atoms with E-state index in [1.54, 1.807) is 55.4 Å². The van der Waals surface area contributed by atoms with Crippen LogP contribution in [0.15, 0.2) is 82.0 Å². The van der Waals surface area contributed by atoms with Gasteiger partial charge in [-0.15, -0.1) is 0 Å². The van der Waals surface area contributed by atoms with Crippen molar-refractivity contribution in [1.82, 2.24) is 10.1 Å². The van der Waals surface area contributed by atoms with Gasteiger partial charge >= 0.3 is 11.7 Å². The van der Waals surface area contributed by atoms with Gasteiger partial charge in [0.05, 0.1) is 11.1 Å². The number of hydroxylamine groups is 6. The van der Waals surface area contributed by atoms with E-state index in [1.807, 2.05) is 36.5 Å². The zero-order valence-corrected chi connectivity index (χ0v) is 25.0. The van der Waals surface area contributed by atoms with Crippen molar-refractivity contribution in [2.24, 2.45) is 10.8 Å². The molecule has 8 heteroatoms. The Morgan fingerprint density at radius 1 is 0.600 bits per heavy atom. The fraction of sp³-hybridized carbons (Fsp3) is 0.500. The van der Waals surface area contributed by atoms with Crippen LogP contribution in [0.2, 0.25) is 0 Å². The third kappa shape index (κ3) is 2.61. The third-order valence-corrected chi connectivity index (χ3v) is 11.8. The lowest BCUT2D eigenvalue weighted by atomic mass is 9.45. The van der Waals surface area contributed by atoms with Gasteiger partial charge < -0.3 is 10.4 Å². The first-order valence-corrected chi connectivity index (χ1v) is 13.9. The van der Waals surface area contributed by atoms with Gasteiger partial charge in [-0.05, 0) is 95.9 Å². The topological polar surface area (TPSA) is 98.4 Å². The van der Waals surface area contributed by atoms with Gasteiger partial charge in [-0.2, -0.15) is 0 Å². The molecule has 4 aliphatic carbocycles. The average molecular weight is 543 g/mol. The van der Waals surface area contributed by atoms with Crippen molar-refractivity contribution in [2.45, 2.75) is 91.4 Å². The largest absolute Gasteiger partial charge is 0.714 e. The van der Waals surface area contributed by atoms with Crippen LogP contribution < -0.4 is 0 Å². The highest BCUT2D eigenvalue weighted by molar-refractivity contribution is 6.03. The molecule has 40 heavy (non-hydrogen) atoms. The first-order valence-electron chi connectivity index (χ1n) is 13.9. The van der Waals surface area contributed by atoms with Gasteiger partial charge in [0, 0.05) is 21.2 Å². The summed E-state index contributed by atoms with van der Waals surface area (Å²) in [5.41, 5.74) is 0.278. The zero-order valence-electron chi connectivity index (χ0n) is 25.0. The summed E-state index contributed by atoms with van der Waals surface area (Å²) >= 11 is 0. The van der Waals surface area contributed by atoms with Crippen molar-refractivity contribution in [1.29, 1.82) is 0 Å². The fourth-order valence-corrected chi connectivity index (χ4v) is 7.08. The van der Waals surface area contributed by atoms with Gasteiger partial charge in [0.1, 0.15) is 11.1 Å². The molecule has 0 spiro atoms. The van der Waals surface area contributed by atoms with Gasteiger partial charge in [-0.3, -0.25) is 9.48 Å². The predicted molar refractivity (Wildman–Crippen MR) is 152 cm³/mol. The molecule has 210 valence electrons. The maximum Gasteiger partial charge on any atom is 0.317 e.